The van der Waals surface area contributed by atoms with Gasteiger partial charge in [-0.1, -0.05) is 6.58 Å². The van der Waals surface area contributed by atoms with Crippen LogP contribution in [0.1, 0.15) is 6.42 Å². The molecule has 0 saturated heterocycles. The summed E-state index contributed by atoms with van der Waals surface area (Å²) in [5.74, 6) is 0.357. The van der Waals surface area contributed by atoms with E-state index in [1.807, 2.05) is 0 Å². The number of hydrogen-bond acceptors (Lipinski definition) is 5. The molecular weight excluding hydrogens is 246 g/mol. The molecule has 0 spiro atoms. The summed E-state index contributed by atoms with van der Waals surface area (Å²) in [5, 5.41) is 0. The van der Waals surface area contributed by atoms with Gasteiger partial charge >= 0.3 is 8.80 Å². The lowest BCUT2D eigenvalue weighted by molar-refractivity contribution is -0.113. The summed E-state index contributed by atoms with van der Waals surface area (Å²) < 4.78 is 15.6. The standard InChI is InChI=1S/C6H16O3SSi.C3H5NO/c1-7-11(8-2,9-3)6-4-5-10;1-2-3(4)5/h10H,4-6H2,1-3H3;2H,1H2,(H2,4,5). The highest BCUT2D eigenvalue weighted by atomic mass is 32.1. The van der Waals surface area contributed by atoms with Crippen molar-refractivity contribution in [3.8, 4) is 0 Å². The topological polar surface area (TPSA) is 70.8 Å². The first-order valence-electron chi connectivity index (χ1n) is 4.70. The van der Waals surface area contributed by atoms with E-state index in [9.17, 15) is 4.79 Å². The summed E-state index contributed by atoms with van der Waals surface area (Å²) in [7, 11) is 2.58. The summed E-state index contributed by atoms with van der Waals surface area (Å²) in [6, 6.07) is 0.833. The van der Waals surface area contributed by atoms with Gasteiger partial charge in [0.15, 0.2) is 0 Å². The van der Waals surface area contributed by atoms with Crippen LogP contribution in [-0.2, 0) is 18.1 Å². The van der Waals surface area contributed by atoms with Crippen LogP contribution in [0.5, 0.6) is 0 Å². The maximum atomic E-state index is 9.47. The highest BCUT2D eigenvalue weighted by Gasteiger charge is 2.36. The van der Waals surface area contributed by atoms with Crippen LogP contribution in [0.25, 0.3) is 0 Å². The lowest BCUT2D eigenvalue weighted by atomic mass is 10.6. The summed E-state index contributed by atoms with van der Waals surface area (Å²) in [4.78, 5) is 9.47. The van der Waals surface area contributed by atoms with Gasteiger partial charge in [0.25, 0.3) is 0 Å². The fraction of sp³-hybridized carbons (Fsp3) is 0.667. The van der Waals surface area contributed by atoms with Crippen molar-refractivity contribution in [2.24, 2.45) is 5.73 Å². The minimum absolute atomic E-state index is 0.481. The molecule has 1 amide bonds. The molecule has 0 aliphatic rings. The van der Waals surface area contributed by atoms with Gasteiger partial charge in [0.1, 0.15) is 0 Å². The fourth-order valence-electron chi connectivity index (χ4n) is 0.852. The minimum atomic E-state index is -2.29. The molecule has 96 valence electrons. The van der Waals surface area contributed by atoms with E-state index in [1.54, 1.807) is 21.3 Å². The lowest BCUT2D eigenvalue weighted by Gasteiger charge is -2.23. The first kappa shape index (κ1) is 18.0. The van der Waals surface area contributed by atoms with Crippen LogP contribution < -0.4 is 5.73 Å². The smallest absolute Gasteiger partial charge is 0.377 e. The molecule has 0 radical (unpaired) electrons. The van der Waals surface area contributed by atoms with Crippen molar-refractivity contribution in [2.45, 2.75) is 12.5 Å². The Morgan fingerprint density at radius 1 is 1.38 bits per heavy atom. The second-order valence-electron chi connectivity index (χ2n) is 2.73. The average Bonchev–Trinajstić information content (AvgIpc) is 2.32. The molecule has 0 bridgehead atoms. The molecule has 0 atom stereocenters. The molecule has 5 nitrogen and oxygen atoms in total. The lowest BCUT2D eigenvalue weighted by Crippen LogP contribution is -2.42. The molecule has 0 fully saturated rings. The summed E-state index contributed by atoms with van der Waals surface area (Å²) in [5.41, 5.74) is 4.53. The number of amides is 1. The number of nitrogens with two attached hydrogens (primary N) is 1. The second-order valence-corrected chi connectivity index (χ2v) is 6.27. The van der Waals surface area contributed by atoms with E-state index in [0.717, 1.165) is 24.3 Å². The van der Waals surface area contributed by atoms with Crippen LogP contribution in [0.2, 0.25) is 6.04 Å². The Morgan fingerprint density at radius 3 is 1.94 bits per heavy atom. The van der Waals surface area contributed by atoms with Crippen molar-refractivity contribution in [1.82, 2.24) is 0 Å². The highest BCUT2D eigenvalue weighted by Crippen LogP contribution is 2.14. The van der Waals surface area contributed by atoms with Gasteiger partial charge in [0.05, 0.1) is 0 Å². The molecule has 16 heavy (non-hydrogen) atoms. The van der Waals surface area contributed by atoms with E-state index in [4.69, 9.17) is 13.3 Å². The molecule has 7 heteroatoms. The molecule has 0 aliphatic carbocycles. The Kier molecular flexibility index (Phi) is 12.6. The predicted octanol–water partition coefficient (Wildman–Crippen LogP) is 0.842. The van der Waals surface area contributed by atoms with Crippen molar-refractivity contribution in [3.05, 3.63) is 12.7 Å². The van der Waals surface area contributed by atoms with Gasteiger partial charge in [0, 0.05) is 27.4 Å². The molecule has 0 aromatic carbocycles. The number of carbonyl (C=O) groups is 1. The van der Waals surface area contributed by atoms with E-state index in [-0.39, 0.29) is 0 Å². The van der Waals surface area contributed by atoms with Crippen molar-refractivity contribution in [2.75, 3.05) is 27.1 Å². The van der Waals surface area contributed by atoms with Crippen molar-refractivity contribution < 1.29 is 18.1 Å². The SMILES string of the molecule is C=CC(N)=O.CO[Si](CCCS)(OC)OC. The Morgan fingerprint density at radius 2 is 1.75 bits per heavy atom. The zero-order valence-corrected chi connectivity index (χ0v) is 12.0. The largest absolute Gasteiger partial charge is 0.500 e. The third-order valence-corrected chi connectivity index (χ3v) is 4.92. The zero-order chi connectivity index (χ0) is 13.0. The molecule has 0 saturated carbocycles. The Bertz CT molecular complexity index is 192. The molecule has 0 heterocycles. The van der Waals surface area contributed by atoms with Crippen LogP contribution >= 0.6 is 12.6 Å². The third-order valence-electron chi connectivity index (χ3n) is 1.78. The number of rotatable bonds is 7. The number of primary amides is 1. The molecule has 0 aliphatic heterocycles. The van der Waals surface area contributed by atoms with E-state index in [0.29, 0.717) is 0 Å². The maximum Gasteiger partial charge on any atom is 0.500 e. The van der Waals surface area contributed by atoms with Gasteiger partial charge in [-0.3, -0.25) is 4.79 Å². The zero-order valence-electron chi connectivity index (χ0n) is 10.1. The average molecular weight is 267 g/mol. The quantitative estimate of drug-likeness (QED) is 0.407. The second kappa shape index (κ2) is 11.2. The summed E-state index contributed by atoms with van der Waals surface area (Å²) in [6.45, 7) is 3.09. The normalized spacial score (nSPS) is 10.2. The van der Waals surface area contributed by atoms with E-state index >= 15 is 0 Å². The fourth-order valence-corrected chi connectivity index (χ4v) is 3.03. The minimum Gasteiger partial charge on any atom is -0.377 e. The van der Waals surface area contributed by atoms with Gasteiger partial charge in [-0.2, -0.15) is 12.6 Å². The monoisotopic (exact) mass is 267 g/mol. The number of hydrogen-bond donors (Lipinski definition) is 2. The Hall–Kier alpha value is -0.343. The molecule has 2 N–H and O–H groups in total. The van der Waals surface area contributed by atoms with E-state index in [2.05, 4.69) is 24.9 Å². The van der Waals surface area contributed by atoms with Crippen LogP contribution in [0.4, 0.5) is 0 Å². The van der Waals surface area contributed by atoms with Crippen LogP contribution in [0, 0.1) is 0 Å². The highest BCUT2D eigenvalue weighted by molar-refractivity contribution is 7.80. The molecule has 0 aromatic heterocycles. The van der Waals surface area contributed by atoms with Gasteiger partial charge in [-0.15, -0.1) is 0 Å². The van der Waals surface area contributed by atoms with Crippen LogP contribution in [0.15, 0.2) is 12.7 Å². The summed E-state index contributed by atoms with van der Waals surface area (Å²) in [6.07, 6.45) is 2.02. The maximum absolute atomic E-state index is 9.47. The first-order valence-corrected chi connectivity index (χ1v) is 7.26. The molecule has 0 unspecified atom stereocenters. The van der Waals surface area contributed by atoms with Crippen molar-refractivity contribution in [1.29, 1.82) is 0 Å². The molecular formula is C9H21NO4SSi. The van der Waals surface area contributed by atoms with Crippen LogP contribution in [-0.4, -0.2) is 41.8 Å². The van der Waals surface area contributed by atoms with Gasteiger partial charge < -0.3 is 19.0 Å². The van der Waals surface area contributed by atoms with Crippen molar-refractivity contribution >= 4 is 27.3 Å². The Balaban J connectivity index is 0. The van der Waals surface area contributed by atoms with Gasteiger partial charge in [0.2, 0.25) is 5.91 Å². The predicted molar refractivity (Wildman–Crippen MR) is 69.4 cm³/mol. The Labute approximate surface area is 104 Å². The van der Waals surface area contributed by atoms with E-state index in [1.165, 1.54) is 0 Å². The molecule has 0 aromatic rings. The first-order chi connectivity index (χ1) is 7.51. The number of thiol groups is 1. The van der Waals surface area contributed by atoms with Crippen LogP contribution in [0.3, 0.4) is 0 Å². The van der Waals surface area contributed by atoms with Gasteiger partial charge in [-0.05, 0) is 18.2 Å². The number of carbonyl (C=O) groups excluding carboxylic acids is 1. The summed E-state index contributed by atoms with van der Waals surface area (Å²) >= 11 is 4.10. The third kappa shape index (κ3) is 8.92. The van der Waals surface area contributed by atoms with Crippen molar-refractivity contribution in [3.63, 3.8) is 0 Å². The molecule has 0 rings (SSSR count). The van der Waals surface area contributed by atoms with Gasteiger partial charge in [-0.25, -0.2) is 0 Å². The van der Waals surface area contributed by atoms with E-state index < -0.39 is 14.7 Å².